The second-order valence-corrected chi connectivity index (χ2v) is 5.42. The molecule has 2 aromatic rings. The van der Waals surface area contributed by atoms with Gasteiger partial charge in [0.05, 0.1) is 9.50 Å². The molecule has 0 aliphatic carbocycles. The molecule has 2 rings (SSSR count). The first-order valence-electron chi connectivity index (χ1n) is 5.88. The highest BCUT2D eigenvalue weighted by Gasteiger charge is 2.08. The standard InChI is InChI=1S/C14H11BrClFN2O2/c15-10-5-11(16)12(17)6-13(10)21-7-8-1-3-9(4-2-8)14(20)19-18/h1-6H,7,18H2,(H,19,20). The topological polar surface area (TPSA) is 64.3 Å². The minimum atomic E-state index is -0.551. The van der Waals surface area contributed by atoms with Crippen LogP contribution in [0.5, 0.6) is 5.75 Å². The first-order chi connectivity index (χ1) is 10.0. The van der Waals surface area contributed by atoms with Gasteiger partial charge in [-0.15, -0.1) is 0 Å². The summed E-state index contributed by atoms with van der Waals surface area (Å²) in [6.07, 6.45) is 0. The Morgan fingerprint density at radius 3 is 2.62 bits per heavy atom. The lowest BCUT2D eigenvalue weighted by Crippen LogP contribution is -2.29. The SMILES string of the molecule is NNC(=O)c1ccc(COc2cc(F)c(Cl)cc2Br)cc1. The third kappa shape index (κ3) is 3.93. The molecule has 0 spiro atoms. The van der Waals surface area contributed by atoms with Crippen molar-refractivity contribution in [3.8, 4) is 5.75 Å². The van der Waals surface area contributed by atoms with Gasteiger partial charge in [0.2, 0.25) is 0 Å². The number of carbonyl (C=O) groups is 1. The molecule has 0 aromatic heterocycles. The van der Waals surface area contributed by atoms with Crippen LogP contribution in [0.25, 0.3) is 0 Å². The van der Waals surface area contributed by atoms with Gasteiger partial charge in [-0.05, 0) is 39.7 Å². The Kier molecular flexibility index (Phi) is 5.17. The second kappa shape index (κ2) is 6.89. The Bertz CT molecular complexity index is 665. The molecule has 0 unspecified atom stereocenters. The van der Waals surface area contributed by atoms with E-state index in [2.05, 4.69) is 15.9 Å². The second-order valence-electron chi connectivity index (χ2n) is 4.16. The molecule has 0 saturated heterocycles. The lowest BCUT2D eigenvalue weighted by atomic mass is 10.1. The lowest BCUT2D eigenvalue weighted by Gasteiger charge is -2.09. The van der Waals surface area contributed by atoms with E-state index in [-0.39, 0.29) is 17.5 Å². The lowest BCUT2D eigenvalue weighted by molar-refractivity contribution is 0.0953. The number of ether oxygens (including phenoxy) is 1. The average Bonchev–Trinajstić information content (AvgIpc) is 2.49. The predicted molar refractivity (Wildman–Crippen MR) is 81.5 cm³/mol. The van der Waals surface area contributed by atoms with Crippen molar-refractivity contribution in [3.05, 3.63) is 62.8 Å². The zero-order chi connectivity index (χ0) is 15.4. The molecule has 0 heterocycles. The molecular formula is C14H11BrClFN2O2. The molecule has 0 fully saturated rings. The maximum Gasteiger partial charge on any atom is 0.265 e. The van der Waals surface area contributed by atoms with Crippen molar-refractivity contribution in [1.82, 2.24) is 5.43 Å². The van der Waals surface area contributed by atoms with Gasteiger partial charge in [-0.3, -0.25) is 10.2 Å². The number of nitrogens with one attached hydrogen (secondary N) is 1. The van der Waals surface area contributed by atoms with Crippen LogP contribution in [0.2, 0.25) is 5.02 Å². The van der Waals surface area contributed by atoms with Gasteiger partial charge >= 0.3 is 0 Å². The Hall–Kier alpha value is -1.63. The summed E-state index contributed by atoms with van der Waals surface area (Å²) in [6.45, 7) is 0.226. The molecule has 3 N–H and O–H groups in total. The maximum absolute atomic E-state index is 13.4. The summed E-state index contributed by atoms with van der Waals surface area (Å²) in [5.74, 6) is 4.47. The van der Waals surface area contributed by atoms with Crippen LogP contribution in [0.1, 0.15) is 15.9 Å². The number of hydrogen-bond donors (Lipinski definition) is 2. The Morgan fingerprint density at radius 2 is 2.00 bits per heavy atom. The van der Waals surface area contributed by atoms with Gasteiger partial charge in [-0.1, -0.05) is 23.7 Å². The van der Waals surface area contributed by atoms with E-state index < -0.39 is 5.82 Å². The molecule has 2 aromatic carbocycles. The van der Waals surface area contributed by atoms with Crippen molar-refractivity contribution < 1.29 is 13.9 Å². The fourth-order valence-corrected chi connectivity index (χ4v) is 2.36. The average molecular weight is 374 g/mol. The van der Waals surface area contributed by atoms with Gasteiger partial charge < -0.3 is 4.74 Å². The first-order valence-corrected chi connectivity index (χ1v) is 7.05. The van der Waals surface area contributed by atoms with Crippen LogP contribution in [0.4, 0.5) is 4.39 Å². The van der Waals surface area contributed by atoms with Gasteiger partial charge in [-0.25, -0.2) is 10.2 Å². The Labute approximate surface area is 134 Å². The quantitative estimate of drug-likeness (QED) is 0.373. The van der Waals surface area contributed by atoms with Crippen molar-refractivity contribution in [2.24, 2.45) is 5.84 Å². The molecule has 4 nitrogen and oxygen atoms in total. The van der Waals surface area contributed by atoms with Crippen LogP contribution in [0.15, 0.2) is 40.9 Å². The number of benzene rings is 2. The fourth-order valence-electron chi connectivity index (χ4n) is 1.61. The van der Waals surface area contributed by atoms with Gasteiger partial charge in [0.1, 0.15) is 18.2 Å². The summed E-state index contributed by atoms with van der Waals surface area (Å²) in [6, 6.07) is 9.34. The third-order valence-electron chi connectivity index (χ3n) is 2.72. The first kappa shape index (κ1) is 15.8. The molecule has 0 bridgehead atoms. The molecular weight excluding hydrogens is 363 g/mol. The number of nitrogen functional groups attached to an aromatic ring is 1. The van der Waals surface area contributed by atoms with E-state index in [9.17, 15) is 9.18 Å². The number of rotatable bonds is 4. The van der Waals surface area contributed by atoms with Crippen molar-refractivity contribution in [2.75, 3.05) is 0 Å². The van der Waals surface area contributed by atoms with E-state index in [0.717, 1.165) is 5.56 Å². The summed E-state index contributed by atoms with van der Waals surface area (Å²) in [7, 11) is 0. The number of carbonyl (C=O) groups excluding carboxylic acids is 1. The largest absolute Gasteiger partial charge is 0.488 e. The highest BCUT2D eigenvalue weighted by Crippen LogP contribution is 2.31. The molecule has 0 aliphatic rings. The molecule has 1 amide bonds. The van der Waals surface area contributed by atoms with Crippen molar-refractivity contribution >= 4 is 33.4 Å². The maximum atomic E-state index is 13.4. The number of amides is 1. The van der Waals surface area contributed by atoms with E-state index in [4.69, 9.17) is 22.2 Å². The fraction of sp³-hybridized carbons (Fsp3) is 0.0714. The summed E-state index contributed by atoms with van der Waals surface area (Å²) in [5, 5.41) is 0.0198. The zero-order valence-corrected chi connectivity index (χ0v) is 13.0. The summed E-state index contributed by atoms with van der Waals surface area (Å²) in [5.41, 5.74) is 3.32. The number of halogens is 3. The molecule has 0 aliphatic heterocycles. The van der Waals surface area contributed by atoms with E-state index in [1.807, 2.05) is 5.43 Å². The smallest absolute Gasteiger partial charge is 0.265 e. The normalized spacial score (nSPS) is 10.3. The molecule has 7 heteroatoms. The highest BCUT2D eigenvalue weighted by molar-refractivity contribution is 9.10. The van der Waals surface area contributed by atoms with E-state index >= 15 is 0 Å². The molecule has 0 radical (unpaired) electrons. The van der Waals surface area contributed by atoms with E-state index in [0.29, 0.717) is 15.8 Å². The Balaban J connectivity index is 2.06. The monoisotopic (exact) mass is 372 g/mol. The molecule has 0 atom stereocenters. The third-order valence-corrected chi connectivity index (χ3v) is 3.63. The van der Waals surface area contributed by atoms with Crippen molar-refractivity contribution in [3.63, 3.8) is 0 Å². The minimum absolute atomic E-state index is 0.0198. The van der Waals surface area contributed by atoms with Crippen LogP contribution >= 0.6 is 27.5 Å². The van der Waals surface area contributed by atoms with Gasteiger partial charge in [0.15, 0.2) is 0 Å². The number of hydrazine groups is 1. The van der Waals surface area contributed by atoms with E-state index in [1.165, 1.54) is 12.1 Å². The molecule has 21 heavy (non-hydrogen) atoms. The summed E-state index contributed by atoms with van der Waals surface area (Å²) in [4.78, 5) is 11.3. The van der Waals surface area contributed by atoms with Crippen LogP contribution < -0.4 is 16.0 Å². The van der Waals surface area contributed by atoms with Gasteiger partial charge in [-0.2, -0.15) is 0 Å². The predicted octanol–water partition coefficient (Wildman–Crippen LogP) is 3.42. The van der Waals surface area contributed by atoms with Crippen LogP contribution in [-0.2, 0) is 6.61 Å². The minimum Gasteiger partial charge on any atom is -0.488 e. The molecule has 110 valence electrons. The number of hydrogen-bond acceptors (Lipinski definition) is 3. The van der Waals surface area contributed by atoms with Crippen LogP contribution in [0, 0.1) is 5.82 Å². The zero-order valence-electron chi connectivity index (χ0n) is 10.7. The van der Waals surface area contributed by atoms with Crippen molar-refractivity contribution in [1.29, 1.82) is 0 Å². The van der Waals surface area contributed by atoms with E-state index in [1.54, 1.807) is 24.3 Å². The molecule has 0 saturated carbocycles. The van der Waals surface area contributed by atoms with Gasteiger partial charge in [0.25, 0.3) is 5.91 Å². The van der Waals surface area contributed by atoms with Crippen LogP contribution in [0.3, 0.4) is 0 Å². The highest BCUT2D eigenvalue weighted by atomic mass is 79.9. The van der Waals surface area contributed by atoms with Crippen molar-refractivity contribution in [2.45, 2.75) is 6.61 Å². The van der Waals surface area contributed by atoms with Crippen LogP contribution in [-0.4, -0.2) is 5.91 Å². The van der Waals surface area contributed by atoms with Gasteiger partial charge in [0, 0.05) is 11.6 Å². The Morgan fingerprint density at radius 1 is 1.33 bits per heavy atom. The summed E-state index contributed by atoms with van der Waals surface area (Å²) >= 11 is 8.91. The summed E-state index contributed by atoms with van der Waals surface area (Å²) < 4.78 is 19.5. The number of nitrogens with two attached hydrogens (primary N) is 1.